The second-order valence-corrected chi connectivity index (χ2v) is 3.75. The molecule has 0 unspecified atom stereocenters. The quantitative estimate of drug-likeness (QED) is 0.726. The second-order valence-electron chi connectivity index (χ2n) is 3.75. The van der Waals surface area contributed by atoms with Crippen LogP contribution in [0.5, 0.6) is 0 Å². The van der Waals surface area contributed by atoms with E-state index in [0.717, 1.165) is 5.56 Å². The lowest BCUT2D eigenvalue weighted by Crippen LogP contribution is -2.16. The lowest BCUT2D eigenvalue weighted by Gasteiger charge is -2.06. The molecular formula is C12H12N2O3. The highest BCUT2D eigenvalue weighted by atomic mass is 16.5. The predicted octanol–water partition coefficient (Wildman–Crippen LogP) is 1.07. The normalized spacial score (nSPS) is 10.5. The summed E-state index contributed by atoms with van der Waals surface area (Å²) in [7, 11) is 0. The summed E-state index contributed by atoms with van der Waals surface area (Å²) < 4.78 is 6.29. The van der Waals surface area contributed by atoms with Crippen LogP contribution in [-0.2, 0) is 16.1 Å². The number of aromatic nitrogens is 2. The number of carbonyl (C=O) groups excluding carboxylic acids is 1. The molecule has 5 heteroatoms. The predicted molar refractivity (Wildman–Crippen MR) is 61.7 cm³/mol. The van der Waals surface area contributed by atoms with Gasteiger partial charge in [0.25, 0.3) is 5.56 Å². The molecule has 0 aliphatic heterocycles. The molecule has 17 heavy (non-hydrogen) atoms. The highest BCUT2D eigenvalue weighted by Crippen LogP contribution is 2.06. The smallest absolute Gasteiger partial charge is 0.303 e. The number of rotatable bonds is 2. The Bertz CT molecular complexity index is 631. The van der Waals surface area contributed by atoms with E-state index in [1.807, 2.05) is 13.0 Å². The maximum absolute atomic E-state index is 11.8. The van der Waals surface area contributed by atoms with Gasteiger partial charge in [-0.05, 0) is 18.6 Å². The Labute approximate surface area is 97.7 Å². The summed E-state index contributed by atoms with van der Waals surface area (Å²) in [6, 6.07) is 5.03. The first-order valence-corrected chi connectivity index (χ1v) is 5.19. The first-order valence-electron chi connectivity index (χ1n) is 5.19. The molecule has 0 saturated carbocycles. The molecule has 0 aliphatic rings. The summed E-state index contributed by atoms with van der Waals surface area (Å²) in [4.78, 5) is 26.8. The maximum atomic E-state index is 11.8. The van der Waals surface area contributed by atoms with Gasteiger partial charge in [0.1, 0.15) is 12.3 Å². The molecule has 0 aromatic carbocycles. The van der Waals surface area contributed by atoms with Gasteiger partial charge in [-0.1, -0.05) is 6.07 Å². The number of ether oxygens (including phenoxy) is 1. The zero-order chi connectivity index (χ0) is 12.4. The number of nitrogens with zero attached hydrogens (tertiary/aromatic N) is 2. The zero-order valence-corrected chi connectivity index (χ0v) is 9.64. The molecule has 0 fully saturated rings. The Morgan fingerprint density at radius 2 is 2.29 bits per heavy atom. The van der Waals surface area contributed by atoms with Crippen LogP contribution in [0.4, 0.5) is 0 Å². The minimum Gasteiger partial charge on any atom is -0.459 e. The molecule has 2 aromatic rings. The second kappa shape index (κ2) is 4.37. The van der Waals surface area contributed by atoms with Crippen LogP contribution < -0.4 is 5.56 Å². The number of esters is 1. The number of hydrogen-bond acceptors (Lipinski definition) is 4. The monoisotopic (exact) mass is 232 g/mol. The van der Waals surface area contributed by atoms with Crippen LogP contribution in [0.3, 0.4) is 0 Å². The van der Waals surface area contributed by atoms with Gasteiger partial charge >= 0.3 is 5.97 Å². The molecule has 5 nitrogen and oxygen atoms in total. The van der Waals surface area contributed by atoms with Gasteiger partial charge in [-0.2, -0.15) is 0 Å². The summed E-state index contributed by atoms with van der Waals surface area (Å²) in [6.07, 6.45) is 1.66. The van der Waals surface area contributed by atoms with Crippen LogP contribution in [-0.4, -0.2) is 15.4 Å². The first kappa shape index (κ1) is 11.3. The summed E-state index contributed by atoms with van der Waals surface area (Å²) in [5, 5.41) is 0. The van der Waals surface area contributed by atoms with E-state index in [9.17, 15) is 9.59 Å². The summed E-state index contributed by atoms with van der Waals surface area (Å²) in [5.41, 5.74) is 1.76. The van der Waals surface area contributed by atoms with E-state index in [1.165, 1.54) is 17.4 Å². The Kier molecular flexibility index (Phi) is 2.91. The molecule has 0 spiro atoms. The fraction of sp³-hybridized carbons (Fsp3) is 0.250. The van der Waals surface area contributed by atoms with Crippen molar-refractivity contribution in [3.8, 4) is 0 Å². The molecule has 88 valence electrons. The van der Waals surface area contributed by atoms with Crippen LogP contribution in [0.1, 0.15) is 18.2 Å². The molecule has 0 saturated heterocycles. The molecule has 0 atom stereocenters. The Hall–Kier alpha value is -2.17. The van der Waals surface area contributed by atoms with E-state index < -0.39 is 5.97 Å². The van der Waals surface area contributed by atoms with Crippen LogP contribution >= 0.6 is 0 Å². The van der Waals surface area contributed by atoms with Crippen LogP contribution in [0.25, 0.3) is 5.65 Å². The van der Waals surface area contributed by atoms with Gasteiger partial charge in [0.05, 0.1) is 5.69 Å². The maximum Gasteiger partial charge on any atom is 0.303 e. The lowest BCUT2D eigenvalue weighted by atomic mass is 10.3. The molecule has 0 bridgehead atoms. The van der Waals surface area contributed by atoms with Crippen molar-refractivity contribution in [2.75, 3.05) is 0 Å². The lowest BCUT2D eigenvalue weighted by molar-refractivity contribution is -0.142. The molecule has 0 amide bonds. The van der Waals surface area contributed by atoms with Gasteiger partial charge in [-0.25, -0.2) is 4.98 Å². The zero-order valence-electron chi connectivity index (χ0n) is 9.64. The van der Waals surface area contributed by atoms with Crippen molar-refractivity contribution < 1.29 is 9.53 Å². The van der Waals surface area contributed by atoms with E-state index in [4.69, 9.17) is 4.74 Å². The first-order chi connectivity index (χ1) is 8.08. The largest absolute Gasteiger partial charge is 0.459 e. The van der Waals surface area contributed by atoms with Crippen LogP contribution in [0.2, 0.25) is 0 Å². The molecule has 0 N–H and O–H groups in total. The Morgan fingerprint density at radius 3 is 3.00 bits per heavy atom. The molecule has 0 radical (unpaired) electrons. The SMILES string of the molecule is CC(=O)OCc1cc(=O)n2cccc(C)c2n1. The molecule has 0 aliphatic carbocycles. The number of carbonyl (C=O) groups is 1. The third kappa shape index (κ3) is 2.33. The average Bonchev–Trinajstić information content (AvgIpc) is 2.28. The highest BCUT2D eigenvalue weighted by Gasteiger charge is 2.05. The van der Waals surface area contributed by atoms with Crippen molar-refractivity contribution in [3.63, 3.8) is 0 Å². The van der Waals surface area contributed by atoms with Crippen LogP contribution in [0, 0.1) is 6.92 Å². The highest BCUT2D eigenvalue weighted by molar-refractivity contribution is 5.65. The van der Waals surface area contributed by atoms with Crippen molar-refractivity contribution in [1.29, 1.82) is 0 Å². The summed E-state index contributed by atoms with van der Waals surface area (Å²) in [6.45, 7) is 3.21. The molecular weight excluding hydrogens is 220 g/mol. The average molecular weight is 232 g/mol. The standard InChI is InChI=1S/C12H12N2O3/c1-8-4-3-5-14-11(16)6-10(13-12(8)14)7-17-9(2)15/h3-6H,7H2,1-2H3. The van der Waals surface area contributed by atoms with Gasteiger partial charge in [0.15, 0.2) is 0 Å². The number of hydrogen-bond donors (Lipinski definition) is 0. The van der Waals surface area contributed by atoms with Gasteiger partial charge in [-0.15, -0.1) is 0 Å². The van der Waals surface area contributed by atoms with E-state index >= 15 is 0 Å². The molecule has 2 aromatic heterocycles. The third-order valence-electron chi connectivity index (χ3n) is 2.36. The van der Waals surface area contributed by atoms with E-state index in [0.29, 0.717) is 11.3 Å². The minimum atomic E-state index is -0.392. The fourth-order valence-corrected chi connectivity index (χ4v) is 1.56. The van der Waals surface area contributed by atoms with E-state index in [1.54, 1.807) is 12.3 Å². The van der Waals surface area contributed by atoms with Crippen molar-refractivity contribution in [2.45, 2.75) is 20.5 Å². The van der Waals surface area contributed by atoms with Crippen molar-refractivity contribution in [1.82, 2.24) is 9.38 Å². The van der Waals surface area contributed by atoms with Crippen LogP contribution in [0.15, 0.2) is 29.2 Å². The van der Waals surface area contributed by atoms with Gasteiger partial charge in [-0.3, -0.25) is 14.0 Å². The van der Waals surface area contributed by atoms with Gasteiger partial charge in [0, 0.05) is 19.2 Å². The summed E-state index contributed by atoms with van der Waals surface area (Å²) in [5.74, 6) is -0.392. The number of pyridine rings is 1. The van der Waals surface area contributed by atoms with Gasteiger partial charge < -0.3 is 4.74 Å². The van der Waals surface area contributed by atoms with E-state index in [-0.39, 0.29) is 12.2 Å². The fourth-order valence-electron chi connectivity index (χ4n) is 1.56. The Balaban J connectivity index is 2.50. The van der Waals surface area contributed by atoms with Crippen molar-refractivity contribution >= 4 is 11.6 Å². The van der Waals surface area contributed by atoms with E-state index in [2.05, 4.69) is 4.98 Å². The minimum absolute atomic E-state index is 0.0232. The topological polar surface area (TPSA) is 60.7 Å². The van der Waals surface area contributed by atoms with Gasteiger partial charge in [0.2, 0.25) is 0 Å². The van der Waals surface area contributed by atoms with Crippen molar-refractivity contribution in [2.24, 2.45) is 0 Å². The third-order valence-corrected chi connectivity index (χ3v) is 2.36. The molecule has 2 rings (SSSR count). The van der Waals surface area contributed by atoms with Crippen molar-refractivity contribution in [3.05, 3.63) is 46.0 Å². The molecule has 2 heterocycles. The summed E-state index contributed by atoms with van der Waals surface area (Å²) >= 11 is 0. The number of fused-ring (bicyclic) bond motifs is 1. The Morgan fingerprint density at radius 1 is 1.53 bits per heavy atom. The number of aryl methyl sites for hydroxylation is 1.